The van der Waals surface area contributed by atoms with Gasteiger partial charge in [0.25, 0.3) is 0 Å². The number of aliphatic carboxylic acids is 1. The Morgan fingerprint density at radius 3 is 2.70 bits per heavy atom. The number of hydrogen-bond donors (Lipinski definition) is 2. The molecule has 0 spiro atoms. The van der Waals surface area contributed by atoms with Crippen LogP contribution in [0.2, 0.25) is 0 Å². The Morgan fingerprint density at radius 1 is 1.37 bits per heavy atom. The van der Waals surface area contributed by atoms with Crippen molar-refractivity contribution in [1.29, 1.82) is 5.26 Å². The van der Waals surface area contributed by atoms with Crippen molar-refractivity contribution in [3.63, 3.8) is 0 Å². The number of nitrogens with zero attached hydrogens (tertiary/aromatic N) is 2. The Labute approximate surface area is 169 Å². The van der Waals surface area contributed by atoms with Crippen LogP contribution in [-0.2, 0) is 4.79 Å². The van der Waals surface area contributed by atoms with Crippen LogP contribution in [0.1, 0.15) is 36.5 Å². The summed E-state index contributed by atoms with van der Waals surface area (Å²) in [6.07, 6.45) is -3.60. The summed E-state index contributed by atoms with van der Waals surface area (Å²) in [5.41, 5.74) is 0.618. The molecule has 0 saturated heterocycles. The molecular weight excluding hydrogens is 403 g/mol. The van der Waals surface area contributed by atoms with Crippen molar-refractivity contribution in [1.82, 2.24) is 4.98 Å². The van der Waals surface area contributed by atoms with E-state index in [1.807, 2.05) is 0 Å². The average molecular weight is 419 g/mol. The van der Waals surface area contributed by atoms with E-state index in [1.165, 1.54) is 25.3 Å². The van der Waals surface area contributed by atoms with Gasteiger partial charge >= 0.3 is 12.3 Å². The lowest BCUT2D eigenvalue weighted by atomic mass is 9.80. The molecule has 0 aliphatic carbocycles. The van der Waals surface area contributed by atoms with Crippen LogP contribution in [0.25, 0.3) is 0 Å². The van der Waals surface area contributed by atoms with Gasteiger partial charge in [-0.3, -0.25) is 0 Å². The molecule has 0 amide bonds. The summed E-state index contributed by atoms with van der Waals surface area (Å²) in [5.74, 6) is -3.10. The maximum atomic E-state index is 13.1. The fourth-order valence-electron chi connectivity index (χ4n) is 3.37. The minimum absolute atomic E-state index is 0.0686. The number of halogens is 3. The zero-order valence-corrected chi connectivity index (χ0v) is 15.9. The van der Waals surface area contributed by atoms with Gasteiger partial charge in [0.2, 0.25) is 5.88 Å². The first-order valence-corrected chi connectivity index (χ1v) is 8.78. The molecular formula is C20H16F3N3O4. The van der Waals surface area contributed by atoms with E-state index in [9.17, 15) is 23.1 Å². The Bertz CT molecular complexity index is 1070. The highest BCUT2D eigenvalue weighted by molar-refractivity contribution is 5.94. The maximum absolute atomic E-state index is 13.1. The number of carboxylic acid groups (broad SMARTS) is 1. The van der Waals surface area contributed by atoms with Crippen LogP contribution in [0.5, 0.6) is 11.6 Å². The lowest BCUT2D eigenvalue weighted by Crippen LogP contribution is -2.25. The van der Waals surface area contributed by atoms with E-state index < -0.39 is 24.0 Å². The van der Waals surface area contributed by atoms with E-state index in [4.69, 9.17) is 10.00 Å². The third kappa shape index (κ3) is 4.00. The second-order valence-electron chi connectivity index (χ2n) is 6.32. The zero-order valence-electron chi connectivity index (χ0n) is 15.9. The van der Waals surface area contributed by atoms with Gasteiger partial charge in [-0.25, -0.2) is 9.78 Å². The molecule has 1 aromatic carbocycles. The number of benzene rings is 1. The molecule has 0 saturated carbocycles. The summed E-state index contributed by atoms with van der Waals surface area (Å²) in [6.45, 7) is 3.42. The Hall–Kier alpha value is -3.74. The van der Waals surface area contributed by atoms with E-state index >= 15 is 0 Å². The molecule has 1 atom stereocenters. The van der Waals surface area contributed by atoms with E-state index in [0.29, 0.717) is 5.69 Å². The largest absolute Gasteiger partial charge is 0.573 e. The Balaban J connectivity index is 2.33. The van der Waals surface area contributed by atoms with E-state index in [1.54, 1.807) is 19.1 Å². The number of anilines is 1. The molecule has 156 valence electrons. The van der Waals surface area contributed by atoms with Crippen molar-refractivity contribution in [3.05, 3.63) is 58.4 Å². The SMILES string of the molecule is CCOc1nccc2c1C(c1ccc(C#N)cc1OC(F)(F)F)C(C(=O)O)=C(C)N2. The first-order chi connectivity index (χ1) is 14.2. The molecule has 0 bridgehead atoms. The predicted octanol–water partition coefficient (Wildman–Crippen LogP) is 4.17. The van der Waals surface area contributed by atoms with E-state index in [0.717, 1.165) is 6.07 Å². The smallest absolute Gasteiger partial charge is 0.478 e. The number of allylic oxidation sites excluding steroid dienone is 1. The molecule has 2 N–H and O–H groups in total. The number of carbonyl (C=O) groups is 1. The van der Waals surface area contributed by atoms with Crippen LogP contribution in [0.15, 0.2) is 41.7 Å². The number of aromatic nitrogens is 1. The summed E-state index contributed by atoms with van der Waals surface area (Å²) in [5, 5.41) is 21.9. The van der Waals surface area contributed by atoms with Crippen LogP contribution >= 0.6 is 0 Å². The summed E-state index contributed by atoms with van der Waals surface area (Å²) >= 11 is 0. The topological polar surface area (TPSA) is 104 Å². The monoisotopic (exact) mass is 419 g/mol. The minimum Gasteiger partial charge on any atom is -0.478 e. The van der Waals surface area contributed by atoms with Gasteiger partial charge < -0.3 is 19.9 Å². The second kappa shape index (κ2) is 7.94. The fourth-order valence-corrected chi connectivity index (χ4v) is 3.37. The van der Waals surface area contributed by atoms with Crippen LogP contribution in [0.3, 0.4) is 0 Å². The first-order valence-electron chi connectivity index (χ1n) is 8.78. The molecule has 1 aromatic heterocycles. The summed E-state index contributed by atoms with van der Waals surface area (Å²) in [6, 6.07) is 6.79. The van der Waals surface area contributed by atoms with Crippen LogP contribution < -0.4 is 14.8 Å². The molecule has 1 aliphatic heterocycles. The van der Waals surface area contributed by atoms with Crippen LogP contribution in [-0.4, -0.2) is 29.0 Å². The maximum Gasteiger partial charge on any atom is 0.573 e. The van der Waals surface area contributed by atoms with Crippen molar-refractivity contribution in [3.8, 4) is 17.7 Å². The van der Waals surface area contributed by atoms with E-state index in [2.05, 4.69) is 15.0 Å². The Morgan fingerprint density at radius 2 is 2.10 bits per heavy atom. The third-order valence-electron chi connectivity index (χ3n) is 4.45. The van der Waals surface area contributed by atoms with Crippen molar-refractivity contribution >= 4 is 11.7 Å². The minimum atomic E-state index is -5.04. The molecule has 1 aliphatic rings. The standard InChI is InChI=1S/C20H16F3N3O4/c1-3-29-18-17-13(6-7-25-18)26-10(2)15(19(27)28)16(17)12-5-4-11(9-24)8-14(12)30-20(21,22)23/h4-8,16,26H,3H2,1-2H3,(H,27,28). The molecule has 10 heteroatoms. The molecule has 1 unspecified atom stereocenters. The van der Waals surface area contributed by atoms with Crippen LogP contribution in [0.4, 0.5) is 18.9 Å². The van der Waals surface area contributed by atoms with Gasteiger partial charge in [0.05, 0.1) is 35.3 Å². The van der Waals surface area contributed by atoms with Gasteiger partial charge in [-0.05, 0) is 32.0 Å². The van der Waals surface area contributed by atoms with Gasteiger partial charge in [0.1, 0.15) is 5.75 Å². The summed E-state index contributed by atoms with van der Waals surface area (Å²) in [7, 11) is 0. The van der Waals surface area contributed by atoms with Crippen molar-refractivity contribution < 1.29 is 32.5 Å². The summed E-state index contributed by atoms with van der Waals surface area (Å²) < 4.78 is 48.9. The number of nitriles is 1. The zero-order chi connectivity index (χ0) is 22.1. The molecule has 2 heterocycles. The normalized spacial score (nSPS) is 15.7. The lowest BCUT2D eigenvalue weighted by Gasteiger charge is -2.31. The number of carboxylic acids is 1. The number of hydrogen-bond acceptors (Lipinski definition) is 6. The quantitative estimate of drug-likeness (QED) is 0.750. The number of ether oxygens (including phenoxy) is 2. The highest BCUT2D eigenvalue weighted by Crippen LogP contribution is 2.48. The van der Waals surface area contributed by atoms with Gasteiger partial charge in [0, 0.05) is 23.1 Å². The number of alkyl halides is 3. The second-order valence-corrected chi connectivity index (χ2v) is 6.32. The van der Waals surface area contributed by atoms with Gasteiger partial charge in [-0.2, -0.15) is 5.26 Å². The fraction of sp³-hybridized carbons (Fsp3) is 0.250. The highest BCUT2D eigenvalue weighted by atomic mass is 19.4. The average Bonchev–Trinajstić information content (AvgIpc) is 2.65. The van der Waals surface area contributed by atoms with E-state index in [-0.39, 0.29) is 40.4 Å². The van der Waals surface area contributed by atoms with Crippen molar-refractivity contribution in [2.45, 2.75) is 26.1 Å². The van der Waals surface area contributed by atoms with Crippen molar-refractivity contribution in [2.24, 2.45) is 0 Å². The molecule has 7 nitrogen and oxygen atoms in total. The number of pyridine rings is 1. The molecule has 2 aromatic rings. The van der Waals surface area contributed by atoms with Gasteiger partial charge in [0.15, 0.2) is 0 Å². The molecule has 0 fully saturated rings. The number of fused-ring (bicyclic) bond motifs is 1. The molecule has 3 rings (SSSR count). The predicted molar refractivity (Wildman–Crippen MR) is 99.0 cm³/mol. The highest BCUT2D eigenvalue weighted by Gasteiger charge is 2.39. The first kappa shape index (κ1) is 21.0. The van der Waals surface area contributed by atoms with Crippen LogP contribution in [0, 0.1) is 11.3 Å². The molecule has 0 radical (unpaired) electrons. The summed E-state index contributed by atoms with van der Waals surface area (Å²) in [4.78, 5) is 16.2. The number of rotatable bonds is 5. The number of nitrogens with one attached hydrogen (secondary N) is 1. The lowest BCUT2D eigenvalue weighted by molar-refractivity contribution is -0.274. The molecule has 30 heavy (non-hydrogen) atoms. The Kier molecular flexibility index (Phi) is 5.56. The third-order valence-corrected chi connectivity index (χ3v) is 4.45. The van der Waals surface area contributed by atoms with Crippen molar-refractivity contribution in [2.75, 3.05) is 11.9 Å². The van der Waals surface area contributed by atoms with Gasteiger partial charge in [-0.15, -0.1) is 13.2 Å². The van der Waals surface area contributed by atoms with Gasteiger partial charge in [-0.1, -0.05) is 6.07 Å².